The van der Waals surface area contributed by atoms with Gasteiger partial charge in [0.15, 0.2) is 5.82 Å². The highest BCUT2D eigenvalue weighted by atomic mass is 19.1. The zero-order valence-electron chi connectivity index (χ0n) is 18.2. The number of hydrogen-bond acceptors (Lipinski definition) is 4. The molecule has 1 aliphatic carbocycles. The fourth-order valence-electron chi connectivity index (χ4n) is 4.96. The Labute approximate surface area is 180 Å². The van der Waals surface area contributed by atoms with E-state index in [-0.39, 0.29) is 5.82 Å². The van der Waals surface area contributed by atoms with Crippen molar-refractivity contribution in [3.05, 3.63) is 53.5 Å². The highest BCUT2D eigenvalue weighted by Gasteiger charge is 2.36. The summed E-state index contributed by atoms with van der Waals surface area (Å²) in [6.45, 7) is 8.15. The predicted octanol–water partition coefficient (Wildman–Crippen LogP) is 5.29. The first kappa shape index (κ1) is 18.5. The van der Waals surface area contributed by atoms with Crippen molar-refractivity contribution in [2.75, 3.05) is 5.32 Å². The second-order valence-electron chi connectivity index (χ2n) is 9.19. The van der Waals surface area contributed by atoms with Gasteiger partial charge in [-0.2, -0.15) is 5.10 Å². The Balaban J connectivity index is 1.64. The van der Waals surface area contributed by atoms with Gasteiger partial charge in [-0.15, -0.1) is 10.2 Å². The average Bonchev–Trinajstić information content (AvgIpc) is 3.31. The highest BCUT2D eigenvalue weighted by Crippen LogP contribution is 2.45. The number of rotatable bonds is 3. The molecule has 6 nitrogen and oxygen atoms in total. The third-order valence-electron chi connectivity index (χ3n) is 6.57. The summed E-state index contributed by atoms with van der Waals surface area (Å²) in [6, 6.07) is 8.16. The average molecular weight is 417 g/mol. The number of nitrogens with one attached hydrogen (secondary N) is 1. The number of anilines is 1. The minimum atomic E-state index is -0.445. The summed E-state index contributed by atoms with van der Waals surface area (Å²) in [4.78, 5) is 0. The molecule has 2 aliphatic rings. The van der Waals surface area contributed by atoms with Gasteiger partial charge in [-0.25, -0.2) is 4.39 Å². The molecule has 0 bridgehead atoms. The molecule has 0 saturated heterocycles. The van der Waals surface area contributed by atoms with E-state index >= 15 is 4.39 Å². The van der Waals surface area contributed by atoms with Crippen LogP contribution in [-0.2, 0) is 12.0 Å². The maximum absolute atomic E-state index is 15.7. The molecular formula is C24H25FN6. The van der Waals surface area contributed by atoms with E-state index in [4.69, 9.17) is 0 Å². The molecule has 2 aromatic heterocycles. The van der Waals surface area contributed by atoms with Crippen molar-refractivity contribution in [3.63, 3.8) is 0 Å². The van der Waals surface area contributed by atoms with Crippen LogP contribution in [0.4, 0.5) is 10.1 Å². The quantitative estimate of drug-likeness (QED) is 0.493. The van der Waals surface area contributed by atoms with Gasteiger partial charge < -0.3 is 5.32 Å². The van der Waals surface area contributed by atoms with Gasteiger partial charge in [-0.05, 0) is 56.9 Å². The van der Waals surface area contributed by atoms with Crippen LogP contribution in [0.5, 0.6) is 0 Å². The van der Waals surface area contributed by atoms with E-state index in [9.17, 15) is 0 Å². The normalized spacial score (nSPS) is 16.8. The molecule has 0 radical (unpaired) electrons. The maximum atomic E-state index is 15.7. The summed E-state index contributed by atoms with van der Waals surface area (Å²) in [5.41, 5.74) is 4.68. The summed E-state index contributed by atoms with van der Waals surface area (Å²) in [5.74, 6) is 1.49. The van der Waals surface area contributed by atoms with Crippen molar-refractivity contribution in [2.45, 2.75) is 58.5 Å². The SMILES string of the molecule is CCc1nnc2n1-c1c(cc(F)c(-c3cccc4c3cnn4C3CC3)c1C)NC2(C)C. The first-order valence-electron chi connectivity index (χ1n) is 10.9. The van der Waals surface area contributed by atoms with Crippen LogP contribution in [-0.4, -0.2) is 24.5 Å². The van der Waals surface area contributed by atoms with Crippen molar-refractivity contribution in [1.29, 1.82) is 0 Å². The van der Waals surface area contributed by atoms with Crippen molar-refractivity contribution in [3.8, 4) is 16.8 Å². The van der Waals surface area contributed by atoms with Gasteiger partial charge >= 0.3 is 0 Å². The lowest BCUT2D eigenvalue weighted by atomic mass is 9.92. The van der Waals surface area contributed by atoms with Crippen molar-refractivity contribution < 1.29 is 4.39 Å². The Morgan fingerprint density at radius 2 is 2.03 bits per heavy atom. The maximum Gasteiger partial charge on any atom is 0.162 e. The lowest BCUT2D eigenvalue weighted by Crippen LogP contribution is -2.36. The van der Waals surface area contributed by atoms with Crippen molar-refractivity contribution in [2.24, 2.45) is 0 Å². The van der Waals surface area contributed by atoms with E-state index in [1.54, 1.807) is 6.07 Å². The monoisotopic (exact) mass is 416 g/mol. The van der Waals surface area contributed by atoms with Crippen LogP contribution in [0.1, 0.15) is 56.9 Å². The Kier molecular flexibility index (Phi) is 3.68. The molecule has 1 fully saturated rings. The first-order valence-corrected chi connectivity index (χ1v) is 10.9. The zero-order chi connectivity index (χ0) is 21.5. The summed E-state index contributed by atoms with van der Waals surface area (Å²) < 4.78 is 19.9. The zero-order valence-corrected chi connectivity index (χ0v) is 18.2. The summed E-state index contributed by atoms with van der Waals surface area (Å²) >= 11 is 0. The van der Waals surface area contributed by atoms with Gasteiger partial charge in [-0.1, -0.05) is 19.1 Å². The molecule has 31 heavy (non-hydrogen) atoms. The van der Waals surface area contributed by atoms with Crippen LogP contribution in [0, 0.1) is 12.7 Å². The topological polar surface area (TPSA) is 60.6 Å². The standard InChI is InChI=1S/C24H25FN6/c1-5-20-28-29-23-24(3,4)27-18-11-17(25)21(13(2)22(18)30(20)23)15-7-6-8-19-16(15)12-26-31(19)14-9-10-14/h6-8,11-12,14,27H,5,9-10H2,1-4H3. The van der Waals surface area contributed by atoms with Crippen molar-refractivity contribution >= 4 is 16.6 Å². The van der Waals surface area contributed by atoms with Crippen LogP contribution in [0.15, 0.2) is 30.5 Å². The molecule has 0 spiro atoms. The van der Waals surface area contributed by atoms with E-state index in [0.29, 0.717) is 11.6 Å². The smallest absolute Gasteiger partial charge is 0.162 e. The summed E-state index contributed by atoms with van der Waals surface area (Å²) in [5, 5.41) is 18.0. The molecule has 1 aliphatic heterocycles. The third-order valence-corrected chi connectivity index (χ3v) is 6.57. The molecule has 0 amide bonds. The molecule has 3 heterocycles. The molecule has 158 valence electrons. The van der Waals surface area contributed by atoms with Crippen LogP contribution >= 0.6 is 0 Å². The van der Waals surface area contributed by atoms with Gasteiger partial charge in [0.05, 0.1) is 34.7 Å². The Hall–Kier alpha value is -3.22. The summed E-state index contributed by atoms with van der Waals surface area (Å²) in [7, 11) is 0. The molecule has 2 aromatic carbocycles. The molecule has 4 aromatic rings. The second kappa shape index (κ2) is 6.15. The van der Waals surface area contributed by atoms with Gasteiger partial charge in [0.2, 0.25) is 0 Å². The third kappa shape index (κ3) is 2.52. The number of nitrogens with zero attached hydrogens (tertiary/aromatic N) is 5. The summed E-state index contributed by atoms with van der Waals surface area (Å²) in [6.07, 6.45) is 4.94. The Bertz CT molecular complexity index is 1360. The molecule has 6 rings (SSSR count). The minimum Gasteiger partial charge on any atom is -0.371 e. The minimum absolute atomic E-state index is 0.235. The molecule has 0 unspecified atom stereocenters. The van der Waals surface area contributed by atoms with Crippen LogP contribution in [0.2, 0.25) is 0 Å². The Morgan fingerprint density at radius 3 is 2.77 bits per heavy atom. The molecule has 0 atom stereocenters. The van der Waals surface area contributed by atoms with Gasteiger partial charge in [-0.3, -0.25) is 9.25 Å². The number of aromatic nitrogens is 5. The predicted molar refractivity (Wildman–Crippen MR) is 119 cm³/mol. The van der Waals surface area contributed by atoms with E-state index in [1.165, 1.54) is 0 Å². The van der Waals surface area contributed by atoms with E-state index in [0.717, 1.165) is 64.3 Å². The number of halogens is 1. The first-order chi connectivity index (χ1) is 14.9. The molecule has 1 N–H and O–H groups in total. The largest absolute Gasteiger partial charge is 0.371 e. The number of fused-ring (bicyclic) bond motifs is 4. The lowest BCUT2D eigenvalue weighted by molar-refractivity contribution is 0.531. The molecular weight excluding hydrogens is 391 g/mol. The highest BCUT2D eigenvalue weighted by molar-refractivity contribution is 5.97. The number of benzene rings is 2. The van der Waals surface area contributed by atoms with Crippen LogP contribution in [0.3, 0.4) is 0 Å². The van der Waals surface area contributed by atoms with Gasteiger partial charge in [0, 0.05) is 17.4 Å². The van der Waals surface area contributed by atoms with Gasteiger partial charge in [0.25, 0.3) is 0 Å². The number of hydrogen-bond donors (Lipinski definition) is 1. The lowest BCUT2D eigenvalue weighted by Gasteiger charge is -2.35. The Morgan fingerprint density at radius 1 is 1.23 bits per heavy atom. The molecule has 1 saturated carbocycles. The van der Waals surface area contributed by atoms with Gasteiger partial charge in [0.1, 0.15) is 11.6 Å². The fraction of sp³-hybridized carbons (Fsp3) is 0.375. The second-order valence-corrected chi connectivity index (χ2v) is 9.19. The van der Waals surface area contributed by atoms with Crippen molar-refractivity contribution in [1.82, 2.24) is 24.5 Å². The van der Waals surface area contributed by atoms with E-state index < -0.39 is 5.54 Å². The fourth-order valence-corrected chi connectivity index (χ4v) is 4.96. The van der Waals surface area contributed by atoms with Crippen LogP contribution in [0.25, 0.3) is 27.7 Å². The van der Waals surface area contributed by atoms with E-state index in [1.807, 2.05) is 39.1 Å². The number of aryl methyl sites for hydroxylation is 1. The van der Waals surface area contributed by atoms with E-state index in [2.05, 4.69) is 42.9 Å². The molecule has 7 heteroatoms. The van der Waals surface area contributed by atoms with Crippen LogP contribution < -0.4 is 5.32 Å².